The summed E-state index contributed by atoms with van der Waals surface area (Å²) in [5.41, 5.74) is 4.83. The lowest BCUT2D eigenvalue weighted by Crippen LogP contribution is -2.18. The number of carbonyl (C=O) groups is 2. The number of anilines is 2. The van der Waals surface area contributed by atoms with Gasteiger partial charge in [-0.05, 0) is 87.2 Å². The van der Waals surface area contributed by atoms with Gasteiger partial charge in [0.05, 0.1) is 29.1 Å². The molecule has 1 fully saturated rings. The van der Waals surface area contributed by atoms with Gasteiger partial charge in [-0.1, -0.05) is 6.07 Å². The highest BCUT2D eigenvalue weighted by molar-refractivity contribution is 6.04. The van der Waals surface area contributed by atoms with Crippen LogP contribution in [0.5, 0.6) is 0 Å². The molecule has 1 aliphatic carbocycles. The maximum atomic E-state index is 13.0. The number of nitriles is 1. The van der Waals surface area contributed by atoms with E-state index in [2.05, 4.69) is 36.9 Å². The number of rotatable bonds is 7. The van der Waals surface area contributed by atoms with Crippen molar-refractivity contribution < 1.29 is 9.59 Å². The van der Waals surface area contributed by atoms with Crippen molar-refractivity contribution in [3.8, 4) is 28.5 Å². The molecule has 2 N–H and O–H groups in total. The third-order valence-corrected chi connectivity index (χ3v) is 6.66. The molecule has 5 rings (SSSR count). The first-order chi connectivity index (χ1) is 18.7. The van der Waals surface area contributed by atoms with E-state index in [0.717, 1.165) is 35.1 Å². The molecule has 194 valence electrons. The topological polar surface area (TPSA) is 134 Å². The highest BCUT2D eigenvalue weighted by Crippen LogP contribution is 2.31. The Morgan fingerprint density at radius 1 is 0.974 bits per heavy atom. The maximum Gasteiger partial charge on any atom is 0.255 e. The van der Waals surface area contributed by atoms with Crippen LogP contribution >= 0.6 is 0 Å². The van der Waals surface area contributed by atoms with Crippen LogP contribution in [-0.2, 0) is 10.2 Å². The van der Waals surface area contributed by atoms with Crippen molar-refractivity contribution in [1.29, 1.82) is 5.26 Å². The highest BCUT2D eigenvalue weighted by atomic mass is 16.2. The first-order valence-corrected chi connectivity index (χ1v) is 12.6. The summed E-state index contributed by atoms with van der Waals surface area (Å²) in [4.78, 5) is 33.7. The number of pyridine rings is 2. The Labute approximate surface area is 226 Å². The van der Waals surface area contributed by atoms with Crippen molar-refractivity contribution >= 4 is 23.3 Å². The van der Waals surface area contributed by atoms with Gasteiger partial charge >= 0.3 is 0 Å². The van der Waals surface area contributed by atoms with Gasteiger partial charge in [-0.2, -0.15) is 15.5 Å². The first-order valence-electron chi connectivity index (χ1n) is 12.6. The van der Waals surface area contributed by atoms with Crippen LogP contribution in [0, 0.1) is 24.2 Å². The molecular formula is C30H27N7O2. The second-order valence-electron chi connectivity index (χ2n) is 10.2. The van der Waals surface area contributed by atoms with Crippen LogP contribution in [0.4, 0.5) is 11.5 Å². The summed E-state index contributed by atoms with van der Waals surface area (Å²) in [6.07, 6.45) is 6.69. The Balaban J connectivity index is 1.38. The van der Waals surface area contributed by atoms with Crippen LogP contribution in [0.25, 0.3) is 22.4 Å². The fourth-order valence-electron chi connectivity index (χ4n) is 4.06. The van der Waals surface area contributed by atoms with Gasteiger partial charge in [0.25, 0.3) is 5.91 Å². The van der Waals surface area contributed by atoms with Gasteiger partial charge in [-0.15, -0.1) is 0 Å². The van der Waals surface area contributed by atoms with E-state index in [1.165, 1.54) is 6.20 Å². The summed E-state index contributed by atoms with van der Waals surface area (Å²) in [5.74, 6) is 0.283. The fourth-order valence-corrected chi connectivity index (χ4v) is 4.06. The summed E-state index contributed by atoms with van der Waals surface area (Å²) < 4.78 is 0. The van der Waals surface area contributed by atoms with E-state index in [9.17, 15) is 14.9 Å². The lowest BCUT2D eigenvalue weighted by molar-refractivity contribution is -0.117. The van der Waals surface area contributed by atoms with E-state index >= 15 is 0 Å². The number of nitrogens with zero attached hydrogens (tertiary/aromatic N) is 5. The molecule has 0 saturated heterocycles. The number of hydrogen-bond acceptors (Lipinski definition) is 7. The van der Waals surface area contributed by atoms with E-state index in [-0.39, 0.29) is 17.7 Å². The van der Waals surface area contributed by atoms with Crippen molar-refractivity contribution in [2.45, 2.75) is 39.0 Å². The van der Waals surface area contributed by atoms with Crippen LogP contribution in [0.15, 0.2) is 67.1 Å². The van der Waals surface area contributed by atoms with E-state index in [0.29, 0.717) is 28.5 Å². The molecular weight excluding hydrogens is 490 g/mol. The van der Waals surface area contributed by atoms with E-state index in [4.69, 9.17) is 0 Å². The van der Waals surface area contributed by atoms with Gasteiger partial charge in [-0.3, -0.25) is 14.6 Å². The highest BCUT2D eigenvalue weighted by Gasteiger charge is 2.29. The van der Waals surface area contributed by atoms with E-state index in [1.807, 2.05) is 43.3 Å². The number of aryl methyl sites for hydroxylation is 1. The van der Waals surface area contributed by atoms with Gasteiger partial charge in [0, 0.05) is 40.7 Å². The Morgan fingerprint density at radius 2 is 1.77 bits per heavy atom. The number of hydrogen-bond donors (Lipinski definition) is 2. The molecule has 9 heteroatoms. The average molecular weight is 518 g/mol. The number of amides is 2. The Bertz CT molecular complexity index is 1620. The number of nitrogens with one attached hydrogen (secondary N) is 2. The maximum absolute atomic E-state index is 13.0. The van der Waals surface area contributed by atoms with Gasteiger partial charge in [-0.25, -0.2) is 4.98 Å². The molecule has 1 saturated carbocycles. The van der Waals surface area contributed by atoms with Crippen LogP contribution in [0.3, 0.4) is 0 Å². The van der Waals surface area contributed by atoms with Crippen molar-refractivity contribution in [3.63, 3.8) is 0 Å². The summed E-state index contributed by atoms with van der Waals surface area (Å²) in [6.45, 7) is 5.48. The first kappa shape index (κ1) is 25.7. The summed E-state index contributed by atoms with van der Waals surface area (Å²) in [6, 6.07) is 16.7. The molecule has 3 aromatic heterocycles. The van der Waals surface area contributed by atoms with Crippen LogP contribution in [0.1, 0.15) is 48.3 Å². The summed E-state index contributed by atoms with van der Waals surface area (Å²) >= 11 is 0. The summed E-state index contributed by atoms with van der Waals surface area (Å²) in [7, 11) is 0. The minimum absolute atomic E-state index is 0.000515. The Morgan fingerprint density at radius 3 is 2.54 bits per heavy atom. The van der Waals surface area contributed by atoms with Crippen LogP contribution < -0.4 is 10.6 Å². The van der Waals surface area contributed by atoms with E-state index < -0.39 is 5.41 Å². The van der Waals surface area contributed by atoms with Gasteiger partial charge < -0.3 is 10.6 Å². The van der Waals surface area contributed by atoms with E-state index in [1.54, 1.807) is 38.4 Å². The quantitative estimate of drug-likeness (QED) is 0.339. The molecule has 1 aliphatic rings. The van der Waals surface area contributed by atoms with Crippen LogP contribution in [0.2, 0.25) is 0 Å². The normalized spacial score (nSPS) is 12.9. The zero-order chi connectivity index (χ0) is 27.6. The third-order valence-electron chi connectivity index (χ3n) is 6.66. The SMILES string of the molecule is Cc1ccc(NC(=O)c2ccnc(C(C)(C)C#N)c2)cc1-c1cc(-c2ccnc(NC(=O)C3CC3)c2)cnn1. The number of carbonyl (C=O) groups excluding carboxylic acids is 2. The molecule has 0 aliphatic heterocycles. The predicted molar refractivity (Wildman–Crippen MR) is 148 cm³/mol. The largest absolute Gasteiger partial charge is 0.322 e. The Kier molecular flexibility index (Phi) is 6.86. The van der Waals surface area contributed by atoms with Gasteiger partial charge in [0.2, 0.25) is 5.91 Å². The monoisotopic (exact) mass is 517 g/mol. The average Bonchev–Trinajstić information content (AvgIpc) is 3.80. The minimum Gasteiger partial charge on any atom is -0.322 e. The molecule has 0 radical (unpaired) electrons. The number of aromatic nitrogens is 4. The zero-order valence-corrected chi connectivity index (χ0v) is 21.9. The number of benzene rings is 1. The fraction of sp³-hybridized carbons (Fsp3) is 0.233. The van der Waals surface area contributed by atoms with Crippen molar-refractivity contribution in [2.75, 3.05) is 10.6 Å². The zero-order valence-electron chi connectivity index (χ0n) is 21.9. The molecule has 0 bridgehead atoms. The molecule has 4 aromatic rings. The van der Waals surface area contributed by atoms with Crippen molar-refractivity contribution in [2.24, 2.45) is 5.92 Å². The van der Waals surface area contributed by atoms with Crippen molar-refractivity contribution in [1.82, 2.24) is 20.2 Å². The second-order valence-corrected chi connectivity index (χ2v) is 10.2. The lowest BCUT2D eigenvalue weighted by atomic mass is 9.90. The standard InChI is InChI=1S/C30H27N7O2/c1-18-4-7-23(35-29(39)21-9-10-32-26(13-21)30(2,3)17-31)15-24(18)25-12-22(16-34-37-25)20-8-11-33-27(14-20)36-28(38)19-5-6-19/h4,7-16,19H,5-6H2,1-3H3,(H,35,39)(H,33,36,38). The molecule has 9 nitrogen and oxygen atoms in total. The smallest absolute Gasteiger partial charge is 0.255 e. The Hall–Kier alpha value is -4.97. The molecule has 2 amide bonds. The molecule has 0 unspecified atom stereocenters. The molecule has 0 atom stereocenters. The lowest BCUT2D eigenvalue weighted by Gasteiger charge is -2.15. The predicted octanol–water partition coefficient (Wildman–Crippen LogP) is 5.31. The van der Waals surface area contributed by atoms with Crippen LogP contribution in [-0.4, -0.2) is 32.0 Å². The van der Waals surface area contributed by atoms with Gasteiger partial charge in [0.1, 0.15) is 5.82 Å². The molecule has 0 spiro atoms. The third kappa shape index (κ3) is 5.80. The minimum atomic E-state index is -0.810. The molecule has 39 heavy (non-hydrogen) atoms. The van der Waals surface area contributed by atoms with Crippen molar-refractivity contribution in [3.05, 3.63) is 83.9 Å². The molecule has 1 aromatic carbocycles. The second kappa shape index (κ2) is 10.4. The summed E-state index contributed by atoms with van der Waals surface area (Å²) in [5, 5.41) is 23.8. The van der Waals surface area contributed by atoms with Gasteiger partial charge in [0.15, 0.2) is 0 Å². The molecule has 3 heterocycles.